The van der Waals surface area contributed by atoms with Crippen molar-refractivity contribution in [3.05, 3.63) is 35.4 Å². The maximum absolute atomic E-state index is 9.55. The maximum atomic E-state index is 9.55. The Kier molecular flexibility index (Phi) is 2.28. The fraction of sp³-hybridized carbons (Fsp3) is 0.571. The first-order chi connectivity index (χ1) is 7.42. The minimum atomic E-state index is 0.332. The second-order valence-corrected chi connectivity index (χ2v) is 4.97. The van der Waals surface area contributed by atoms with E-state index in [-0.39, 0.29) is 0 Å². The highest BCUT2D eigenvalue weighted by Gasteiger charge is 2.40. The summed E-state index contributed by atoms with van der Waals surface area (Å²) in [4.78, 5) is 0. The van der Waals surface area contributed by atoms with E-state index >= 15 is 0 Å². The van der Waals surface area contributed by atoms with E-state index in [1.165, 1.54) is 36.8 Å². The molecule has 0 spiro atoms. The molecule has 1 nitrogen and oxygen atoms in total. The standard InChI is InChI=1S/C14H18O/c15-9-14-12-7-3-1-5-10(12)11-6-2-4-8-13(11)14/h1,3,5,7,11,13-15H,2,4,6,8-9H2. The van der Waals surface area contributed by atoms with Crippen LogP contribution in [0.1, 0.15) is 48.6 Å². The molecule has 1 heteroatoms. The van der Waals surface area contributed by atoms with Gasteiger partial charge in [-0.2, -0.15) is 0 Å². The van der Waals surface area contributed by atoms with Gasteiger partial charge in [-0.1, -0.05) is 37.1 Å². The quantitative estimate of drug-likeness (QED) is 0.742. The van der Waals surface area contributed by atoms with Crippen LogP contribution in [0.15, 0.2) is 24.3 Å². The molecule has 0 aromatic heterocycles. The molecule has 15 heavy (non-hydrogen) atoms. The fourth-order valence-electron chi connectivity index (χ4n) is 3.68. The Balaban J connectivity index is 2.05. The second kappa shape index (κ2) is 3.64. The van der Waals surface area contributed by atoms with Crippen molar-refractivity contribution < 1.29 is 5.11 Å². The summed E-state index contributed by atoms with van der Waals surface area (Å²) in [5.41, 5.74) is 2.96. The number of benzene rings is 1. The molecule has 0 saturated heterocycles. The average Bonchev–Trinajstić information content (AvgIpc) is 2.63. The molecule has 0 heterocycles. The van der Waals surface area contributed by atoms with Gasteiger partial charge in [0, 0.05) is 5.92 Å². The largest absolute Gasteiger partial charge is 0.396 e. The number of aliphatic hydroxyl groups is 1. The molecule has 2 aliphatic rings. The third kappa shape index (κ3) is 1.33. The highest BCUT2D eigenvalue weighted by atomic mass is 16.3. The molecule has 1 fully saturated rings. The molecule has 3 rings (SSSR count). The number of hydrogen-bond donors (Lipinski definition) is 1. The zero-order valence-corrected chi connectivity index (χ0v) is 9.02. The summed E-state index contributed by atoms with van der Waals surface area (Å²) < 4.78 is 0. The van der Waals surface area contributed by atoms with E-state index in [0.29, 0.717) is 12.5 Å². The smallest absolute Gasteiger partial charge is 0.0502 e. The Morgan fingerprint density at radius 1 is 1.07 bits per heavy atom. The highest BCUT2D eigenvalue weighted by molar-refractivity contribution is 5.40. The minimum Gasteiger partial charge on any atom is -0.396 e. The van der Waals surface area contributed by atoms with Gasteiger partial charge >= 0.3 is 0 Å². The van der Waals surface area contributed by atoms with Crippen molar-refractivity contribution in [2.24, 2.45) is 5.92 Å². The molecule has 1 N–H and O–H groups in total. The van der Waals surface area contributed by atoms with Crippen LogP contribution in [0.3, 0.4) is 0 Å². The van der Waals surface area contributed by atoms with Crippen molar-refractivity contribution in [2.75, 3.05) is 6.61 Å². The highest BCUT2D eigenvalue weighted by Crippen LogP contribution is 2.52. The van der Waals surface area contributed by atoms with Gasteiger partial charge in [-0.3, -0.25) is 0 Å². The predicted molar refractivity (Wildman–Crippen MR) is 61.0 cm³/mol. The zero-order chi connectivity index (χ0) is 10.3. The monoisotopic (exact) mass is 202 g/mol. The molecule has 0 bridgehead atoms. The van der Waals surface area contributed by atoms with E-state index in [0.717, 1.165) is 11.8 Å². The summed E-state index contributed by atoms with van der Waals surface area (Å²) in [7, 11) is 0. The number of rotatable bonds is 1. The summed E-state index contributed by atoms with van der Waals surface area (Å²) in [6.45, 7) is 0.332. The first kappa shape index (κ1) is 9.41. The molecular weight excluding hydrogens is 184 g/mol. The van der Waals surface area contributed by atoms with Crippen molar-refractivity contribution in [1.29, 1.82) is 0 Å². The normalized spacial score (nSPS) is 33.5. The van der Waals surface area contributed by atoms with Crippen LogP contribution in [0.25, 0.3) is 0 Å². The summed E-state index contributed by atoms with van der Waals surface area (Å²) in [5, 5.41) is 9.55. The lowest BCUT2D eigenvalue weighted by molar-refractivity contribution is 0.197. The fourth-order valence-corrected chi connectivity index (χ4v) is 3.68. The van der Waals surface area contributed by atoms with Crippen molar-refractivity contribution in [3.63, 3.8) is 0 Å². The van der Waals surface area contributed by atoms with E-state index in [1.54, 1.807) is 0 Å². The predicted octanol–water partition coefficient (Wildman–Crippen LogP) is 3.05. The van der Waals surface area contributed by atoms with Crippen LogP contribution in [0.4, 0.5) is 0 Å². The Hall–Kier alpha value is -0.820. The van der Waals surface area contributed by atoms with Gasteiger partial charge < -0.3 is 5.11 Å². The summed E-state index contributed by atoms with van der Waals surface area (Å²) in [6.07, 6.45) is 5.36. The molecule has 3 atom stereocenters. The molecular formula is C14H18O. The van der Waals surface area contributed by atoms with Gasteiger partial charge in [0.2, 0.25) is 0 Å². The first-order valence-electron chi connectivity index (χ1n) is 6.11. The van der Waals surface area contributed by atoms with Crippen LogP contribution in [-0.4, -0.2) is 11.7 Å². The Bertz CT molecular complexity index is 333. The Morgan fingerprint density at radius 3 is 2.60 bits per heavy atom. The van der Waals surface area contributed by atoms with Crippen LogP contribution in [0.2, 0.25) is 0 Å². The molecule has 0 amide bonds. The van der Waals surface area contributed by atoms with Gasteiger partial charge in [0.05, 0.1) is 6.61 Å². The maximum Gasteiger partial charge on any atom is 0.0502 e. The van der Waals surface area contributed by atoms with Crippen molar-refractivity contribution in [2.45, 2.75) is 37.5 Å². The lowest BCUT2D eigenvalue weighted by Gasteiger charge is -2.28. The first-order valence-corrected chi connectivity index (χ1v) is 6.11. The van der Waals surface area contributed by atoms with Crippen molar-refractivity contribution >= 4 is 0 Å². The summed E-state index contributed by atoms with van der Waals surface area (Å²) >= 11 is 0. The van der Waals surface area contributed by atoms with Gasteiger partial charge in [-0.05, 0) is 35.8 Å². The topological polar surface area (TPSA) is 20.2 Å². The van der Waals surface area contributed by atoms with Gasteiger partial charge in [0.15, 0.2) is 0 Å². The third-order valence-corrected chi connectivity index (χ3v) is 4.33. The van der Waals surface area contributed by atoms with E-state index < -0.39 is 0 Å². The van der Waals surface area contributed by atoms with Gasteiger partial charge in [-0.25, -0.2) is 0 Å². The Labute approximate surface area is 91.1 Å². The van der Waals surface area contributed by atoms with E-state index in [9.17, 15) is 5.11 Å². The molecule has 80 valence electrons. The second-order valence-electron chi connectivity index (χ2n) is 4.97. The minimum absolute atomic E-state index is 0.332. The van der Waals surface area contributed by atoms with Crippen LogP contribution >= 0.6 is 0 Å². The van der Waals surface area contributed by atoms with E-state index in [2.05, 4.69) is 24.3 Å². The molecule has 1 aromatic carbocycles. The average molecular weight is 202 g/mol. The number of hydrogen-bond acceptors (Lipinski definition) is 1. The summed E-state index contributed by atoms with van der Waals surface area (Å²) in [6, 6.07) is 8.74. The zero-order valence-electron chi connectivity index (χ0n) is 9.02. The lowest BCUT2D eigenvalue weighted by atomic mass is 9.76. The number of fused-ring (bicyclic) bond motifs is 3. The van der Waals surface area contributed by atoms with E-state index in [4.69, 9.17) is 0 Å². The molecule has 3 unspecified atom stereocenters. The van der Waals surface area contributed by atoms with Gasteiger partial charge in [0.1, 0.15) is 0 Å². The van der Waals surface area contributed by atoms with Crippen LogP contribution in [0.5, 0.6) is 0 Å². The summed E-state index contributed by atoms with van der Waals surface area (Å²) in [5.74, 6) is 1.89. The van der Waals surface area contributed by atoms with Crippen molar-refractivity contribution in [3.8, 4) is 0 Å². The van der Waals surface area contributed by atoms with E-state index in [1.807, 2.05) is 0 Å². The SMILES string of the molecule is OCC1c2ccccc2C2CCCCC12. The number of aliphatic hydroxyl groups excluding tert-OH is 1. The molecule has 0 radical (unpaired) electrons. The Morgan fingerprint density at radius 2 is 1.80 bits per heavy atom. The molecule has 2 aliphatic carbocycles. The van der Waals surface area contributed by atoms with Crippen LogP contribution in [0, 0.1) is 5.92 Å². The third-order valence-electron chi connectivity index (χ3n) is 4.33. The van der Waals surface area contributed by atoms with Crippen LogP contribution < -0.4 is 0 Å². The van der Waals surface area contributed by atoms with Gasteiger partial charge in [0.25, 0.3) is 0 Å². The van der Waals surface area contributed by atoms with Crippen molar-refractivity contribution in [1.82, 2.24) is 0 Å². The molecule has 1 saturated carbocycles. The van der Waals surface area contributed by atoms with Crippen LogP contribution in [-0.2, 0) is 0 Å². The lowest BCUT2D eigenvalue weighted by Crippen LogP contribution is -2.18. The molecule has 1 aromatic rings. The molecule has 0 aliphatic heterocycles. The van der Waals surface area contributed by atoms with Gasteiger partial charge in [-0.15, -0.1) is 0 Å².